The summed E-state index contributed by atoms with van der Waals surface area (Å²) in [5, 5.41) is 6.33. The number of carbonyl (C=O) groups is 1. The number of halogens is 1. The molecule has 9 nitrogen and oxygen atoms in total. The summed E-state index contributed by atoms with van der Waals surface area (Å²) < 4.78 is 25.7. The van der Waals surface area contributed by atoms with Gasteiger partial charge >= 0.3 is 0 Å². The van der Waals surface area contributed by atoms with E-state index >= 15 is 0 Å². The zero-order valence-corrected chi connectivity index (χ0v) is 18.5. The Hall–Kier alpha value is -2.24. The third-order valence-corrected chi connectivity index (χ3v) is 6.55. The predicted octanol–water partition coefficient (Wildman–Crippen LogP) is 2.23. The fourth-order valence-electron chi connectivity index (χ4n) is 3.29. The quantitative estimate of drug-likeness (QED) is 0.575. The highest BCUT2D eigenvalue weighted by Gasteiger charge is 2.26. The summed E-state index contributed by atoms with van der Waals surface area (Å²) in [5.41, 5.74) is 7.22. The van der Waals surface area contributed by atoms with E-state index in [-0.39, 0.29) is 6.04 Å². The van der Waals surface area contributed by atoms with Crippen molar-refractivity contribution in [3.8, 4) is 0 Å². The Morgan fingerprint density at radius 3 is 2.83 bits per heavy atom. The largest absolute Gasteiger partial charge is 0.366 e. The summed E-state index contributed by atoms with van der Waals surface area (Å²) >= 11 is 3.41. The number of piperidine rings is 1. The van der Waals surface area contributed by atoms with Crippen molar-refractivity contribution in [3.63, 3.8) is 0 Å². The number of aryl methyl sites for hydroxylation is 1. The van der Waals surface area contributed by atoms with E-state index in [9.17, 15) is 13.2 Å². The van der Waals surface area contributed by atoms with E-state index in [1.54, 1.807) is 12.3 Å². The molecule has 0 saturated carbocycles. The smallest absolute Gasteiger partial charge is 0.251 e. The van der Waals surface area contributed by atoms with E-state index in [0.717, 1.165) is 18.4 Å². The number of amides is 1. The number of nitrogens with zero attached hydrogens (tertiary/aromatic N) is 3. The molecule has 1 amide bonds. The number of nitrogens with one attached hydrogen (secondary N) is 2. The monoisotopic (exact) mass is 482 g/mol. The van der Waals surface area contributed by atoms with Crippen LogP contribution in [-0.4, -0.2) is 54.0 Å². The average Bonchev–Trinajstić information content (AvgIpc) is 2.64. The third-order valence-electron chi connectivity index (χ3n) is 4.70. The van der Waals surface area contributed by atoms with E-state index in [1.165, 1.54) is 10.6 Å². The van der Waals surface area contributed by atoms with E-state index < -0.39 is 15.9 Å². The molecule has 1 aromatic carbocycles. The summed E-state index contributed by atoms with van der Waals surface area (Å²) in [6.07, 6.45) is 4.38. The highest BCUT2D eigenvalue weighted by molar-refractivity contribution is 9.10. The van der Waals surface area contributed by atoms with Gasteiger partial charge in [0.25, 0.3) is 5.91 Å². The molecule has 2 aromatic rings. The highest BCUT2D eigenvalue weighted by atomic mass is 79.9. The molecule has 11 heteroatoms. The van der Waals surface area contributed by atoms with Crippen LogP contribution in [0.3, 0.4) is 0 Å². The van der Waals surface area contributed by atoms with Gasteiger partial charge in [-0.05, 0) is 47.3 Å². The standard InChI is InChI=1S/C18H23BrN6O3S/c1-11-5-3-7-14(15(11)16(20)26)23-17-13(19)9-21-18(24-17)22-12-6-4-8-25(10-12)29(2,27)28/h3,5,7,9,12H,4,6,8,10H2,1-2H3,(H2,20,26)(H2,21,22,23,24)/t12-/m1/s1. The minimum atomic E-state index is -3.23. The summed E-state index contributed by atoms with van der Waals surface area (Å²) in [7, 11) is -3.23. The normalized spacial score (nSPS) is 17.7. The predicted molar refractivity (Wildman–Crippen MR) is 116 cm³/mol. The first kappa shape index (κ1) is 21.5. The molecular formula is C18H23BrN6O3S. The fraction of sp³-hybridized carbons (Fsp3) is 0.389. The summed E-state index contributed by atoms with van der Waals surface area (Å²) in [6, 6.07) is 5.29. The number of sulfonamides is 1. The van der Waals surface area contributed by atoms with Crippen molar-refractivity contribution in [3.05, 3.63) is 40.0 Å². The fourth-order valence-corrected chi connectivity index (χ4v) is 4.50. The van der Waals surface area contributed by atoms with Crippen LogP contribution in [0, 0.1) is 6.92 Å². The van der Waals surface area contributed by atoms with Gasteiger partial charge in [-0.1, -0.05) is 12.1 Å². The molecule has 0 aliphatic carbocycles. The number of rotatable bonds is 6. The molecule has 156 valence electrons. The molecule has 1 aliphatic heterocycles. The SMILES string of the molecule is Cc1cccc(Nc2nc(N[C@@H]3CCCN(S(C)(=O)=O)C3)ncc2Br)c1C(N)=O. The van der Waals surface area contributed by atoms with Gasteiger partial charge in [0.15, 0.2) is 0 Å². The second kappa shape index (κ2) is 8.64. The van der Waals surface area contributed by atoms with Gasteiger partial charge in [0.05, 0.1) is 22.0 Å². The van der Waals surface area contributed by atoms with Crippen molar-refractivity contribution >= 4 is 49.3 Å². The Balaban J connectivity index is 1.81. The summed E-state index contributed by atoms with van der Waals surface area (Å²) in [6.45, 7) is 2.70. The molecule has 0 spiro atoms. The second-order valence-electron chi connectivity index (χ2n) is 6.98. The van der Waals surface area contributed by atoms with Crippen molar-refractivity contribution in [2.75, 3.05) is 30.0 Å². The number of hydrogen-bond donors (Lipinski definition) is 3. The zero-order chi connectivity index (χ0) is 21.2. The maximum Gasteiger partial charge on any atom is 0.251 e. The molecule has 0 radical (unpaired) electrons. The number of hydrogen-bond acceptors (Lipinski definition) is 7. The van der Waals surface area contributed by atoms with Crippen molar-refractivity contribution in [1.82, 2.24) is 14.3 Å². The van der Waals surface area contributed by atoms with Gasteiger partial charge in [0, 0.05) is 25.3 Å². The van der Waals surface area contributed by atoms with E-state index in [0.29, 0.717) is 40.6 Å². The number of primary amides is 1. The summed E-state index contributed by atoms with van der Waals surface area (Å²) in [5.74, 6) is 0.299. The lowest BCUT2D eigenvalue weighted by atomic mass is 10.1. The maximum absolute atomic E-state index is 11.8. The molecule has 1 atom stereocenters. The number of carbonyl (C=O) groups excluding carboxylic acids is 1. The minimum Gasteiger partial charge on any atom is -0.366 e. The van der Waals surface area contributed by atoms with Gasteiger partial charge < -0.3 is 16.4 Å². The van der Waals surface area contributed by atoms with E-state index in [4.69, 9.17) is 5.73 Å². The number of benzene rings is 1. The lowest BCUT2D eigenvalue weighted by Crippen LogP contribution is -2.44. The molecule has 4 N–H and O–H groups in total. The van der Waals surface area contributed by atoms with Gasteiger partial charge in [-0.25, -0.2) is 17.7 Å². The van der Waals surface area contributed by atoms with Crippen LogP contribution in [0.15, 0.2) is 28.9 Å². The first-order valence-electron chi connectivity index (χ1n) is 9.06. The van der Waals surface area contributed by atoms with Crippen LogP contribution in [-0.2, 0) is 10.0 Å². The molecule has 0 bridgehead atoms. The van der Waals surface area contributed by atoms with Gasteiger partial charge in [-0.3, -0.25) is 4.79 Å². The first-order chi connectivity index (χ1) is 13.6. The van der Waals surface area contributed by atoms with Crippen molar-refractivity contribution in [1.29, 1.82) is 0 Å². The van der Waals surface area contributed by atoms with Crippen LogP contribution in [0.5, 0.6) is 0 Å². The van der Waals surface area contributed by atoms with Crippen LogP contribution in [0.4, 0.5) is 17.5 Å². The minimum absolute atomic E-state index is 0.0901. The Morgan fingerprint density at radius 1 is 1.38 bits per heavy atom. The third kappa shape index (κ3) is 5.22. The Labute approximate surface area is 178 Å². The Bertz CT molecular complexity index is 1030. The molecular weight excluding hydrogens is 460 g/mol. The van der Waals surface area contributed by atoms with Crippen LogP contribution >= 0.6 is 15.9 Å². The van der Waals surface area contributed by atoms with Gasteiger partial charge in [-0.2, -0.15) is 4.98 Å². The lowest BCUT2D eigenvalue weighted by Gasteiger charge is -2.31. The van der Waals surface area contributed by atoms with Gasteiger partial charge in [0.2, 0.25) is 16.0 Å². The Kier molecular flexibility index (Phi) is 6.39. The molecule has 3 rings (SSSR count). The van der Waals surface area contributed by atoms with Gasteiger partial charge in [-0.15, -0.1) is 0 Å². The number of aromatic nitrogens is 2. The molecule has 1 aromatic heterocycles. The highest BCUT2D eigenvalue weighted by Crippen LogP contribution is 2.28. The Morgan fingerprint density at radius 2 is 2.14 bits per heavy atom. The maximum atomic E-state index is 11.8. The van der Waals surface area contributed by atoms with Crippen molar-refractivity contribution in [2.24, 2.45) is 5.73 Å². The molecule has 1 aliphatic rings. The molecule has 29 heavy (non-hydrogen) atoms. The topological polar surface area (TPSA) is 130 Å². The second-order valence-corrected chi connectivity index (χ2v) is 9.82. The zero-order valence-electron chi connectivity index (χ0n) is 16.1. The van der Waals surface area contributed by atoms with E-state index in [1.807, 2.05) is 19.1 Å². The first-order valence-corrected chi connectivity index (χ1v) is 11.7. The molecule has 1 saturated heterocycles. The van der Waals surface area contributed by atoms with Crippen LogP contribution < -0.4 is 16.4 Å². The summed E-state index contributed by atoms with van der Waals surface area (Å²) in [4.78, 5) is 20.6. The molecule has 0 unspecified atom stereocenters. The number of anilines is 3. The van der Waals surface area contributed by atoms with Crippen LogP contribution in [0.2, 0.25) is 0 Å². The average molecular weight is 483 g/mol. The van der Waals surface area contributed by atoms with E-state index in [2.05, 4.69) is 36.5 Å². The van der Waals surface area contributed by atoms with Crippen molar-refractivity contribution < 1.29 is 13.2 Å². The lowest BCUT2D eigenvalue weighted by molar-refractivity contribution is 0.100. The van der Waals surface area contributed by atoms with Crippen molar-refractivity contribution in [2.45, 2.75) is 25.8 Å². The van der Waals surface area contributed by atoms with Crippen LogP contribution in [0.25, 0.3) is 0 Å². The number of nitrogens with two attached hydrogens (primary N) is 1. The molecule has 2 heterocycles. The van der Waals surface area contributed by atoms with Crippen LogP contribution in [0.1, 0.15) is 28.8 Å². The van der Waals surface area contributed by atoms with Gasteiger partial charge in [0.1, 0.15) is 5.82 Å². The molecule has 1 fully saturated rings.